The molecular weight excluding hydrogens is 528 g/mol. The number of carboxylic acid groups (broad SMARTS) is 2. The Balaban J connectivity index is 1.97. The fourth-order valence-electron chi connectivity index (χ4n) is 5.56. The average Bonchev–Trinajstić information content (AvgIpc) is 2.96. The third kappa shape index (κ3) is 7.28. The van der Waals surface area contributed by atoms with Crippen LogP contribution in [0, 0.1) is 0 Å². The Hall–Kier alpha value is -3.83. The molecule has 0 aromatic heterocycles. The third-order valence-corrected chi connectivity index (χ3v) is 7.69. The number of benzene rings is 1. The fraction of sp³-hybridized carbons (Fsp3) is 0.500. The van der Waals surface area contributed by atoms with Crippen LogP contribution in [-0.2, 0) is 19.2 Å². The van der Waals surface area contributed by atoms with E-state index in [2.05, 4.69) is 0 Å². The molecule has 2 atom stereocenters. The van der Waals surface area contributed by atoms with Crippen LogP contribution >= 0.6 is 0 Å². The van der Waals surface area contributed by atoms with Gasteiger partial charge >= 0.3 is 17.8 Å². The zero-order chi connectivity index (χ0) is 30.2. The Kier molecular flexibility index (Phi) is 11.0. The van der Waals surface area contributed by atoms with Crippen LogP contribution in [0.1, 0.15) is 75.6 Å². The summed E-state index contributed by atoms with van der Waals surface area (Å²) in [4.78, 5) is 66.9. The number of unbranched alkanes of at least 4 members (excludes halogenated alkanes) is 2. The molecule has 0 saturated carbocycles. The largest absolute Gasteiger partial charge is 0.478 e. The summed E-state index contributed by atoms with van der Waals surface area (Å²) in [5.41, 5.74) is 5.46. The number of amides is 3. The van der Waals surface area contributed by atoms with E-state index in [-0.39, 0.29) is 30.0 Å². The smallest absolute Gasteiger partial charge is 0.395 e. The molecule has 1 unspecified atom stereocenters. The molecule has 4 N–H and O–H groups in total. The number of nitrogens with zero attached hydrogens (tertiary/aromatic N) is 3. The van der Waals surface area contributed by atoms with Gasteiger partial charge in [0.2, 0.25) is 11.8 Å². The first-order chi connectivity index (χ1) is 19.5. The molecule has 11 nitrogen and oxygen atoms in total. The molecular formula is C30H40N4O7. The minimum Gasteiger partial charge on any atom is -0.478 e. The molecule has 2 aliphatic rings. The minimum atomic E-state index is -1.70. The van der Waals surface area contributed by atoms with Gasteiger partial charge in [-0.15, -0.1) is 0 Å². The van der Waals surface area contributed by atoms with Gasteiger partial charge in [0.25, 0.3) is 0 Å². The Morgan fingerprint density at radius 1 is 1.05 bits per heavy atom. The van der Waals surface area contributed by atoms with Crippen molar-refractivity contribution in [1.82, 2.24) is 9.80 Å². The predicted molar refractivity (Wildman–Crippen MR) is 153 cm³/mol. The van der Waals surface area contributed by atoms with E-state index in [4.69, 9.17) is 5.73 Å². The minimum absolute atomic E-state index is 0.0180. The van der Waals surface area contributed by atoms with Crippen LogP contribution in [0.15, 0.2) is 48.1 Å². The monoisotopic (exact) mass is 568 g/mol. The van der Waals surface area contributed by atoms with Crippen molar-refractivity contribution in [3.8, 4) is 0 Å². The normalized spacial score (nSPS) is 19.6. The van der Waals surface area contributed by atoms with E-state index in [1.54, 1.807) is 18.2 Å². The molecule has 3 amide bonds. The number of rotatable bonds is 11. The lowest BCUT2D eigenvalue weighted by Crippen LogP contribution is -2.64. The second-order valence-electron chi connectivity index (χ2n) is 10.5. The quantitative estimate of drug-likeness (QED) is 0.269. The van der Waals surface area contributed by atoms with Crippen molar-refractivity contribution in [3.05, 3.63) is 53.6 Å². The first kappa shape index (κ1) is 31.7. The molecule has 1 aromatic carbocycles. The van der Waals surface area contributed by atoms with Crippen molar-refractivity contribution < 1.29 is 34.2 Å². The molecule has 0 bridgehead atoms. The average molecular weight is 569 g/mol. The maximum absolute atomic E-state index is 13.3. The zero-order valence-electron chi connectivity index (χ0n) is 23.8. The van der Waals surface area contributed by atoms with E-state index < -0.39 is 35.5 Å². The predicted octanol–water partition coefficient (Wildman–Crippen LogP) is 3.15. The van der Waals surface area contributed by atoms with Crippen LogP contribution in [0.4, 0.5) is 5.69 Å². The number of allylic oxidation sites excluding steroid dienone is 1. The SMILES string of the molecule is CCCCCN(C(C)=O)C(=O)[C@@H](N)CC1=CCC(N2CCCCC2)(N(C(=O)C(=O)O)c2ccccc2C(=O)O)C=C1. The Labute approximate surface area is 240 Å². The van der Waals surface area contributed by atoms with Crippen molar-refractivity contribution in [2.45, 2.75) is 76.9 Å². The molecule has 1 saturated heterocycles. The van der Waals surface area contributed by atoms with Gasteiger partial charge in [-0.1, -0.05) is 50.5 Å². The molecule has 3 rings (SSSR count). The molecule has 1 fully saturated rings. The maximum Gasteiger partial charge on any atom is 0.395 e. The number of imide groups is 1. The maximum atomic E-state index is 13.3. The first-order valence-electron chi connectivity index (χ1n) is 14.1. The summed E-state index contributed by atoms with van der Waals surface area (Å²) in [6.07, 6.45) is 10.7. The number of nitrogens with two attached hydrogens (primary N) is 1. The topological polar surface area (TPSA) is 162 Å². The van der Waals surface area contributed by atoms with Gasteiger partial charge in [0.1, 0.15) is 5.66 Å². The van der Waals surface area contributed by atoms with Crippen molar-refractivity contribution >= 4 is 35.3 Å². The van der Waals surface area contributed by atoms with Gasteiger partial charge in [-0.25, -0.2) is 9.59 Å². The standard InChI is InChI=1S/C30H40N4O7/c1-3-4-8-19-33(21(2)35)26(36)24(31)20-22-13-15-30(16-14-22,32-17-9-5-10-18-32)34(27(37)29(40)41)25-12-7-6-11-23(25)28(38)39/h6-7,11-15,24H,3-5,8-10,16-20,31H2,1-2H3,(H,38,39)(H,40,41)/t24-,30?/m0/s1. The Morgan fingerprint density at radius 2 is 1.73 bits per heavy atom. The molecule has 0 radical (unpaired) electrons. The highest BCUT2D eigenvalue weighted by atomic mass is 16.4. The van der Waals surface area contributed by atoms with E-state index in [1.807, 2.05) is 17.9 Å². The third-order valence-electron chi connectivity index (χ3n) is 7.69. The van der Waals surface area contributed by atoms with Crippen LogP contribution < -0.4 is 10.6 Å². The summed E-state index contributed by atoms with van der Waals surface area (Å²) in [5, 5.41) is 19.7. The molecule has 1 aliphatic carbocycles. The van der Waals surface area contributed by atoms with Gasteiger partial charge in [-0.05, 0) is 49.5 Å². The number of carboxylic acids is 2. The number of hydrogen-bond donors (Lipinski definition) is 3. The van der Waals surface area contributed by atoms with Gasteiger partial charge in [-0.3, -0.25) is 29.1 Å². The molecule has 1 aromatic rings. The molecule has 11 heteroatoms. The summed E-state index contributed by atoms with van der Waals surface area (Å²) in [7, 11) is 0. The number of carbonyl (C=O) groups excluding carboxylic acids is 3. The highest BCUT2D eigenvalue weighted by Gasteiger charge is 2.47. The van der Waals surface area contributed by atoms with Crippen LogP contribution in [0.3, 0.4) is 0 Å². The van der Waals surface area contributed by atoms with E-state index in [9.17, 15) is 34.2 Å². The molecule has 222 valence electrons. The molecule has 1 heterocycles. The van der Waals surface area contributed by atoms with Gasteiger partial charge in [0.15, 0.2) is 0 Å². The number of para-hydroxylation sites is 1. The first-order valence-corrected chi connectivity index (χ1v) is 14.1. The lowest BCUT2D eigenvalue weighted by molar-refractivity contribution is -0.150. The van der Waals surface area contributed by atoms with Gasteiger partial charge < -0.3 is 15.9 Å². The Bertz CT molecular complexity index is 1220. The number of hydrogen-bond acceptors (Lipinski definition) is 7. The zero-order valence-corrected chi connectivity index (χ0v) is 23.8. The second kappa shape index (κ2) is 14.2. The summed E-state index contributed by atoms with van der Waals surface area (Å²) >= 11 is 0. The molecule has 1 aliphatic heterocycles. The number of aromatic carboxylic acids is 1. The van der Waals surface area contributed by atoms with Crippen LogP contribution in [0.5, 0.6) is 0 Å². The summed E-state index contributed by atoms with van der Waals surface area (Å²) < 4.78 is 0. The van der Waals surface area contributed by atoms with E-state index in [1.165, 1.54) is 30.0 Å². The summed E-state index contributed by atoms with van der Waals surface area (Å²) in [5.74, 6) is -5.06. The van der Waals surface area contributed by atoms with Crippen molar-refractivity contribution in [2.24, 2.45) is 5.73 Å². The van der Waals surface area contributed by atoms with E-state index >= 15 is 0 Å². The molecule has 41 heavy (non-hydrogen) atoms. The number of carbonyl (C=O) groups is 5. The number of anilines is 1. The van der Waals surface area contributed by atoms with Crippen LogP contribution in [-0.4, -0.2) is 81.0 Å². The number of aliphatic carboxylic acids is 1. The van der Waals surface area contributed by atoms with Crippen molar-refractivity contribution in [2.75, 3.05) is 24.5 Å². The number of likely N-dealkylation sites (tertiary alicyclic amines) is 1. The van der Waals surface area contributed by atoms with Crippen LogP contribution in [0.25, 0.3) is 0 Å². The summed E-state index contributed by atoms with van der Waals surface area (Å²) in [6, 6.07) is 4.89. The highest BCUT2D eigenvalue weighted by Crippen LogP contribution is 2.39. The molecule has 0 spiro atoms. The number of piperidine rings is 1. The van der Waals surface area contributed by atoms with Crippen LogP contribution in [0.2, 0.25) is 0 Å². The lowest BCUT2D eigenvalue weighted by atomic mass is 9.88. The highest BCUT2D eigenvalue weighted by molar-refractivity contribution is 6.38. The second-order valence-corrected chi connectivity index (χ2v) is 10.5. The Morgan fingerprint density at radius 3 is 2.29 bits per heavy atom. The van der Waals surface area contributed by atoms with Gasteiger partial charge in [0.05, 0.1) is 17.3 Å². The van der Waals surface area contributed by atoms with E-state index in [0.717, 1.165) is 37.0 Å². The van der Waals surface area contributed by atoms with Gasteiger partial charge in [0, 0.05) is 33.0 Å². The summed E-state index contributed by atoms with van der Waals surface area (Å²) in [6.45, 7) is 4.83. The fourth-order valence-corrected chi connectivity index (χ4v) is 5.56. The lowest BCUT2D eigenvalue weighted by Gasteiger charge is -2.51. The van der Waals surface area contributed by atoms with Gasteiger partial charge in [-0.2, -0.15) is 0 Å². The van der Waals surface area contributed by atoms with Crippen molar-refractivity contribution in [3.63, 3.8) is 0 Å². The van der Waals surface area contributed by atoms with E-state index in [0.29, 0.717) is 31.6 Å². The van der Waals surface area contributed by atoms with Crippen molar-refractivity contribution in [1.29, 1.82) is 0 Å².